The van der Waals surface area contributed by atoms with Crippen LogP contribution in [0.5, 0.6) is 0 Å². The van der Waals surface area contributed by atoms with E-state index in [0.717, 1.165) is 16.7 Å². The number of carboxylic acid groups (broad SMARTS) is 1. The van der Waals surface area contributed by atoms with Crippen molar-refractivity contribution in [1.29, 1.82) is 16.1 Å². The summed E-state index contributed by atoms with van der Waals surface area (Å²) in [6.45, 7) is 18.8. The number of carbonyl (C=O) groups is 13. The number of aromatic nitrogens is 4. The lowest BCUT2D eigenvalue weighted by Crippen LogP contribution is -2.59. The molecule has 5 aliphatic carbocycles. The molecule has 0 bridgehead atoms. The molecule has 0 spiro atoms. The number of carbonyl (C=O) groups excluding carboxylic acids is 12. The number of nitriles is 2. The van der Waals surface area contributed by atoms with Crippen LogP contribution in [0.3, 0.4) is 0 Å². The minimum atomic E-state index is -1.38. The van der Waals surface area contributed by atoms with Crippen LogP contribution in [0.4, 0.5) is 42.4 Å². The average Bonchev–Trinajstić information content (AvgIpc) is 1.55. The molecule has 7 aliphatic rings. The molecule has 2 atom stereocenters. The zero-order chi connectivity index (χ0) is 96.4. The van der Waals surface area contributed by atoms with Gasteiger partial charge in [-0.2, -0.15) is 16.1 Å². The van der Waals surface area contributed by atoms with Crippen LogP contribution in [-0.2, 0) is 83.0 Å². The molecule has 131 heavy (non-hydrogen) atoms. The number of anilines is 4. The lowest BCUT2D eigenvalue weighted by molar-refractivity contribution is -0.140. The molecule has 5 saturated carbocycles. The fourth-order valence-corrected chi connectivity index (χ4v) is 14.8. The molecular formula is C87H98Cl5N21O18. The van der Waals surface area contributed by atoms with E-state index in [1.807, 2.05) is 30.3 Å². The first-order valence-corrected chi connectivity index (χ1v) is 42.7. The molecule has 2 aromatic heterocycles. The van der Waals surface area contributed by atoms with E-state index in [1.54, 1.807) is 149 Å². The van der Waals surface area contributed by atoms with Gasteiger partial charge in [-0.1, -0.05) is 106 Å². The average molecular weight is 1900 g/mol. The molecule has 2 aliphatic heterocycles. The number of nitrogens with one attached hydrogen (secondary N) is 9. The molecular weight excluding hydrogens is 1800 g/mol. The molecule has 0 saturated heterocycles. The van der Waals surface area contributed by atoms with Gasteiger partial charge in [0.1, 0.15) is 68.0 Å². The van der Waals surface area contributed by atoms with Crippen LogP contribution < -0.4 is 58.3 Å². The Labute approximate surface area is 778 Å². The van der Waals surface area contributed by atoms with Gasteiger partial charge in [0.2, 0.25) is 17.8 Å². The topological polar surface area (TPSA) is 552 Å². The van der Waals surface area contributed by atoms with E-state index in [-0.39, 0.29) is 74.7 Å². The number of hydrogen-bond acceptors (Lipinski definition) is 24. The summed E-state index contributed by atoms with van der Waals surface area (Å²) in [6.07, 6.45) is 4.64. The third-order valence-electron chi connectivity index (χ3n) is 21.2. The minimum Gasteiger partial charge on any atom is -0.480 e. The van der Waals surface area contributed by atoms with Crippen molar-refractivity contribution in [2.75, 3.05) is 22.9 Å². The summed E-state index contributed by atoms with van der Waals surface area (Å²) < 4.78 is 26.0. The number of aliphatic carboxylic acids is 1. The fraction of sp³-hybridized carbons (Fsp3) is 0.414. The van der Waals surface area contributed by atoms with Crippen molar-refractivity contribution in [1.82, 2.24) is 61.9 Å². The maximum atomic E-state index is 14.3. The largest absolute Gasteiger partial charge is 0.480 e. The smallest absolute Gasteiger partial charge is 0.426 e. The molecule has 12 N–H and O–H groups in total. The van der Waals surface area contributed by atoms with Crippen molar-refractivity contribution in [2.24, 2.45) is 20.8 Å². The molecule has 694 valence electrons. The number of carboxylic acids is 1. The molecule has 5 fully saturated rings. The summed E-state index contributed by atoms with van der Waals surface area (Å²) in [5.41, 5.74) is 9.97. The Kier molecular flexibility index (Phi) is 30.6. The Hall–Kier alpha value is -13.2. The fourth-order valence-electron chi connectivity index (χ4n) is 13.7. The van der Waals surface area contributed by atoms with Gasteiger partial charge in [-0.15, -0.1) is 0 Å². The van der Waals surface area contributed by atoms with Gasteiger partial charge in [-0.25, -0.2) is 49.2 Å². The maximum absolute atomic E-state index is 14.3. The Morgan fingerprint density at radius 2 is 0.901 bits per heavy atom. The monoisotopic (exact) mass is 1900 g/mol. The summed E-state index contributed by atoms with van der Waals surface area (Å²) in [6, 6.07) is 36.3. The number of fused-ring (bicyclic) bond motifs is 2. The van der Waals surface area contributed by atoms with E-state index in [4.69, 9.17) is 81.9 Å². The Morgan fingerprint density at radius 3 is 1.26 bits per heavy atom. The van der Waals surface area contributed by atoms with Gasteiger partial charge in [0.05, 0.1) is 77.4 Å². The number of ether oxygens (including phenoxy) is 4. The van der Waals surface area contributed by atoms with E-state index >= 15 is 0 Å². The zero-order valence-electron chi connectivity index (χ0n) is 73.0. The number of hydrazine groups is 1. The van der Waals surface area contributed by atoms with Crippen molar-refractivity contribution in [3.05, 3.63) is 187 Å². The second-order valence-corrected chi connectivity index (χ2v) is 37.3. The highest BCUT2D eigenvalue weighted by atomic mass is 35.5. The first kappa shape index (κ1) is 100.0. The van der Waals surface area contributed by atoms with E-state index in [2.05, 4.69) is 91.7 Å². The third kappa shape index (κ3) is 25.3. The van der Waals surface area contributed by atoms with Gasteiger partial charge < -0.3 is 61.7 Å². The number of ketones is 2. The summed E-state index contributed by atoms with van der Waals surface area (Å²) in [4.78, 5) is 176. The van der Waals surface area contributed by atoms with Crippen LogP contribution in [0.25, 0.3) is 0 Å². The molecule has 5 aromatic carbocycles. The predicted molar refractivity (Wildman–Crippen MR) is 477 cm³/mol. The van der Waals surface area contributed by atoms with Crippen LogP contribution in [0.1, 0.15) is 191 Å². The second kappa shape index (κ2) is 40.0. The molecule has 7 aromatic rings. The van der Waals surface area contributed by atoms with E-state index in [9.17, 15) is 72.7 Å². The second-order valence-electron chi connectivity index (χ2n) is 35.4. The molecule has 0 radical (unpaired) electrons. The Bertz CT molecular complexity index is 5710. The third-order valence-corrected chi connectivity index (χ3v) is 22.2. The number of amides is 10. The standard InChI is InChI=1S/C34H34Cl2N8O6.C25H19Cl2N5O4.C18H24N2O5.C10H18N2O3.ClHN4.H2/c1-31(2,3)50-30(49)42-41-27(47)34(11-12-34)40-26(46)33(9-10-33)39-25(45)24-18-38-29-43(23-14-21(35)13-22(36)15-23)28(48)32(4,44(24)29)16-19-5-7-20(17-37)8-6-19;1-24(11-14-2-4-15(12-28)5-3-14)21(34)31(18-9-16(26)8-17(27)10-18)23-29-13-19(32(23)24)20(33)30-25(6-7-25)22(35)36;1-17(2,3)25-15(22)19-11-14(21)18(9-10-18)20-16(23)24-12-13-7-5-4-6-8-13;1-9(2,3)15-8(14)12-6-7(13)10(11)4-5-10;1-3-5-4-2;/h5-8,13-15,18H,9-12,16H2,1-4H3,(H,39,45)(H,40,46)(H,41,47)(H,42,49);2-5,8-10,13H,6-7,11H2,1H3,(H,30,33)(H,35,36);4-8H,9-12H2,1-3H3,(H,19,22)(H,20,23);4-6,11H2,1-3H3,(H,12,14);2H;1H/t32-;24-;;;;/m11..../s1. The first-order chi connectivity index (χ1) is 61.4. The minimum absolute atomic E-state index is 0. The van der Waals surface area contributed by atoms with Crippen LogP contribution >= 0.6 is 58.2 Å². The Morgan fingerprint density at radius 1 is 0.511 bits per heavy atom. The predicted octanol–water partition coefficient (Wildman–Crippen LogP) is 13.1. The van der Waals surface area contributed by atoms with Gasteiger partial charge in [-0.05, 0) is 228 Å². The van der Waals surface area contributed by atoms with Crippen molar-refractivity contribution in [2.45, 2.75) is 215 Å². The number of rotatable bonds is 24. The summed E-state index contributed by atoms with van der Waals surface area (Å²) in [7, 11) is 0. The van der Waals surface area contributed by atoms with Crippen molar-refractivity contribution < 1.29 is 87.8 Å². The van der Waals surface area contributed by atoms with Crippen molar-refractivity contribution >= 4 is 159 Å². The number of hydrogen-bond donors (Lipinski definition) is 11. The van der Waals surface area contributed by atoms with Crippen LogP contribution in [0.2, 0.25) is 20.1 Å². The highest BCUT2D eigenvalue weighted by molar-refractivity contribution is 6.36. The molecule has 44 heteroatoms. The number of Topliss-reactive ketones (excluding diaryl/α,β-unsaturated/α-hetero) is 2. The van der Waals surface area contributed by atoms with E-state index < -0.39 is 115 Å². The lowest BCUT2D eigenvalue weighted by Gasteiger charge is -2.27. The number of nitrogens with two attached hydrogens (primary N) is 1. The van der Waals surface area contributed by atoms with E-state index in [1.165, 1.54) is 43.5 Å². The number of halogens is 5. The number of nitrogens with zero attached hydrogens (tertiary/aromatic N) is 11. The Balaban J connectivity index is 0.000000209. The van der Waals surface area contributed by atoms with Gasteiger partial charge >= 0.3 is 30.3 Å². The summed E-state index contributed by atoms with van der Waals surface area (Å²) >= 11 is 29.5. The quantitative estimate of drug-likeness (QED) is 0.0152. The normalized spacial score (nSPS) is 18.1. The van der Waals surface area contributed by atoms with Gasteiger partial charge in [0.15, 0.2) is 11.6 Å². The molecule has 10 amide bonds. The SMILES string of the molecule is CC(C)(C)OC(=O)NCC(=O)C1(N)CC1.CC(C)(C)OC(=O)NCC(=O)C1(NC(=O)OCc2ccccc2)CC1.CC(C)(C)OC(=O)NNC(=O)C1(NC(=O)C2(NC(=O)c3cnc4n3[C@](C)(Cc3ccc(C#N)cc3)C(=O)N4c3cc(Cl)cc(Cl)c3)CC2)CC1.C[C@@]1(Cc2ccc(C#N)cc2)C(=O)N(c2cc(Cl)cc(Cl)c2)c2ncc(C(=O)NC3(C(=O)O)CC3)n21.N=NN=NCl.[HH]. The first-order valence-electron chi connectivity index (χ1n) is 40.8. The van der Waals surface area contributed by atoms with Gasteiger partial charge in [0.25, 0.3) is 29.5 Å². The molecule has 14 rings (SSSR count). The molecule has 39 nitrogen and oxygen atoms in total. The van der Waals surface area contributed by atoms with Crippen molar-refractivity contribution in [3.63, 3.8) is 0 Å². The molecule has 0 unspecified atom stereocenters. The van der Waals surface area contributed by atoms with Crippen molar-refractivity contribution in [3.8, 4) is 12.1 Å². The number of imidazole rings is 2. The zero-order valence-corrected chi connectivity index (χ0v) is 76.8. The van der Waals surface area contributed by atoms with Crippen LogP contribution in [-0.4, -0.2) is 159 Å². The molecule has 4 heterocycles. The highest BCUT2D eigenvalue weighted by Crippen LogP contribution is 2.48. The van der Waals surface area contributed by atoms with E-state index in [0.29, 0.717) is 107 Å². The number of benzene rings is 5. The lowest BCUT2D eigenvalue weighted by atomic mass is 9.91. The van der Waals surface area contributed by atoms with Crippen LogP contribution in [0, 0.1) is 28.2 Å². The maximum Gasteiger partial charge on any atom is 0.426 e. The highest BCUT2D eigenvalue weighted by Gasteiger charge is 2.60. The summed E-state index contributed by atoms with van der Waals surface area (Å²) in [5.74, 6) is -4.42. The number of alkyl carbamates (subject to hydrolysis) is 3. The summed E-state index contributed by atoms with van der Waals surface area (Å²) in [5, 5.41) is 49.8. The van der Waals surface area contributed by atoms with Gasteiger partial charge in [0, 0.05) is 34.4 Å². The van der Waals surface area contributed by atoms with Gasteiger partial charge in [-0.3, -0.25) is 52.9 Å². The van der Waals surface area contributed by atoms with Crippen LogP contribution in [0.15, 0.2) is 143 Å².